The minimum absolute atomic E-state index is 0.279. The van der Waals surface area contributed by atoms with E-state index in [9.17, 15) is 4.79 Å². The molecule has 3 heterocycles. The highest BCUT2D eigenvalue weighted by Crippen LogP contribution is 2.47. The molecule has 1 unspecified atom stereocenters. The Bertz CT molecular complexity index is 572. The van der Waals surface area contributed by atoms with E-state index in [-0.39, 0.29) is 11.3 Å². The van der Waals surface area contributed by atoms with E-state index in [2.05, 4.69) is 23.1 Å². The number of carbonyl (C=O) groups excluding carboxylic acids is 1. The van der Waals surface area contributed by atoms with Crippen molar-refractivity contribution in [1.29, 1.82) is 0 Å². The number of likely N-dealkylation sites (tertiary alicyclic amines) is 1. The lowest BCUT2D eigenvalue weighted by atomic mass is 9.73. The van der Waals surface area contributed by atoms with Gasteiger partial charge in [-0.1, -0.05) is 18.2 Å². The maximum Gasteiger partial charge on any atom is 0.237 e. The average molecular weight is 300 g/mol. The minimum Gasteiger partial charge on any atom is -0.377 e. The molecule has 0 bridgehead atoms. The molecular formula is C18H24N2O2. The van der Waals surface area contributed by atoms with Gasteiger partial charge in [-0.3, -0.25) is 4.79 Å². The number of ether oxygens (including phenoxy) is 1. The maximum atomic E-state index is 12.9. The van der Waals surface area contributed by atoms with Gasteiger partial charge in [-0.05, 0) is 50.4 Å². The van der Waals surface area contributed by atoms with Gasteiger partial charge >= 0.3 is 0 Å². The van der Waals surface area contributed by atoms with E-state index in [0.29, 0.717) is 6.10 Å². The van der Waals surface area contributed by atoms with Gasteiger partial charge in [-0.15, -0.1) is 0 Å². The number of hydrogen-bond donors (Lipinski definition) is 0. The van der Waals surface area contributed by atoms with Crippen molar-refractivity contribution in [3.8, 4) is 0 Å². The molecule has 2 fully saturated rings. The van der Waals surface area contributed by atoms with E-state index in [1.54, 1.807) is 0 Å². The number of piperidine rings is 1. The number of anilines is 1. The Balaban J connectivity index is 1.51. The lowest BCUT2D eigenvalue weighted by Crippen LogP contribution is -2.49. The van der Waals surface area contributed by atoms with E-state index in [1.165, 1.54) is 18.4 Å². The maximum absolute atomic E-state index is 12.9. The number of rotatable bonds is 2. The summed E-state index contributed by atoms with van der Waals surface area (Å²) in [7, 11) is 1.91. The van der Waals surface area contributed by atoms with Crippen LogP contribution in [0.15, 0.2) is 24.3 Å². The number of hydrogen-bond acceptors (Lipinski definition) is 3. The first-order valence-corrected chi connectivity index (χ1v) is 8.42. The van der Waals surface area contributed by atoms with Crippen LogP contribution < -0.4 is 4.90 Å². The topological polar surface area (TPSA) is 32.8 Å². The smallest absolute Gasteiger partial charge is 0.237 e. The molecule has 0 aromatic heterocycles. The summed E-state index contributed by atoms with van der Waals surface area (Å²) in [6.07, 6.45) is 4.65. The van der Waals surface area contributed by atoms with Gasteiger partial charge < -0.3 is 14.5 Å². The van der Waals surface area contributed by atoms with E-state index in [0.717, 1.165) is 44.8 Å². The predicted octanol–water partition coefficient (Wildman–Crippen LogP) is 2.18. The Morgan fingerprint density at radius 2 is 2.05 bits per heavy atom. The molecule has 2 saturated heterocycles. The Morgan fingerprint density at radius 3 is 2.77 bits per heavy atom. The van der Waals surface area contributed by atoms with Crippen molar-refractivity contribution in [2.24, 2.45) is 0 Å². The van der Waals surface area contributed by atoms with E-state index < -0.39 is 0 Å². The van der Waals surface area contributed by atoms with Crippen LogP contribution in [-0.2, 0) is 14.9 Å². The number of carbonyl (C=O) groups is 1. The number of fused-ring (bicyclic) bond motifs is 2. The Labute approximate surface area is 132 Å². The Hall–Kier alpha value is -1.39. The van der Waals surface area contributed by atoms with E-state index >= 15 is 0 Å². The SMILES string of the molecule is CN1C(=O)C2(CCN(CC3CCCO3)CC2)c2ccccc21. The summed E-state index contributed by atoms with van der Waals surface area (Å²) >= 11 is 0. The molecule has 0 N–H and O–H groups in total. The first-order valence-electron chi connectivity index (χ1n) is 8.42. The molecular weight excluding hydrogens is 276 g/mol. The lowest BCUT2D eigenvalue weighted by Gasteiger charge is -2.39. The fraction of sp³-hybridized carbons (Fsp3) is 0.611. The van der Waals surface area contributed by atoms with Crippen molar-refractivity contribution < 1.29 is 9.53 Å². The van der Waals surface area contributed by atoms with Crippen molar-refractivity contribution in [3.63, 3.8) is 0 Å². The molecule has 0 radical (unpaired) electrons. The molecule has 1 atom stereocenters. The zero-order valence-electron chi connectivity index (χ0n) is 13.3. The van der Waals surface area contributed by atoms with Gasteiger partial charge in [-0.2, -0.15) is 0 Å². The second-order valence-electron chi connectivity index (χ2n) is 6.90. The van der Waals surface area contributed by atoms with Crippen LogP contribution in [0.3, 0.4) is 0 Å². The van der Waals surface area contributed by atoms with Crippen LogP contribution in [0.4, 0.5) is 5.69 Å². The molecule has 22 heavy (non-hydrogen) atoms. The van der Waals surface area contributed by atoms with E-state index in [4.69, 9.17) is 4.74 Å². The quantitative estimate of drug-likeness (QED) is 0.839. The second-order valence-corrected chi connectivity index (χ2v) is 6.90. The molecule has 1 aromatic carbocycles. The van der Waals surface area contributed by atoms with Crippen LogP contribution in [0.25, 0.3) is 0 Å². The summed E-state index contributed by atoms with van der Waals surface area (Å²) in [5.41, 5.74) is 2.05. The molecule has 3 aliphatic rings. The fourth-order valence-corrected chi connectivity index (χ4v) is 4.39. The summed E-state index contributed by atoms with van der Waals surface area (Å²) in [5, 5.41) is 0. The average Bonchev–Trinajstić information content (AvgIpc) is 3.13. The van der Waals surface area contributed by atoms with E-state index in [1.807, 2.05) is 18.0 Å². The van der Waals surface area contributed by atoms with Gasteiger partial charge in [0, 0.05) is 25.9 Å². The third-order valence-electron chi connectivity index (χ3n) is 5.69. The highest BCUT2D eigenvalue weighted by Gasteiger charge is 2.50. The summed E-state index contributed by atoms with van der Waals surface area (Å²) in [4.78, 5) is 17.2. The van der Waals surface area contributed by atoms with Crippen molar-refractivity contribution in [1.82, 2.24) is 4.90 Å². The first kappa shape index (κ1) is 14.2. The number of nitrogens with zero attached hydrogens (tertiary/aromatic N) is 2. The largest absolute Gasteiger partial charge is 0.377 e. The summed E-state index contributed by atoms with van der Waals surface area (Å²) in [6, 6.07) is 8.30. The molecule has 1 amide bonds. The van der Waals surface area contributed by atoms with Gasteiger partial charge in [-0.25, -0.2) is 0 Å². The number of amides is 1. The number of benzene rings is 1. The van der Waals surface area contributed by atoms with Gasteiger partial charge in [0.2, 0.25) is 5.91 Å². The van der Waals surface area contributed by atoms with Crippen LogP contribution in [0, 0.1) is 0 Å². The molecule has 0 saturated carbocycles. The Kier molecular flexibility index (Phi) is 3.46. The Morgan fingerprint density at radius 1 is 1.27 bits per heavy atom. The summed E-state index contributed by atoms with van der Waals surface area (Å²) < 4.78 is 5.75. The van der Waals surface area contributed by atoms with Crippen LogP contribution in [0.1, 0.15) is 31.2 Å². The molecule has 3 aliphatic heterocycles. The first-order chi connectivity index (χ1) is 10.7. The summed E-state index contributed by atoms with van der Waals surface area (Å²) in [5.74, 6) is 0.283. The highest BCUT2D eigenvalue weighted by molar-refractivity contribution is 6.07. The van der Waals surface area contributed by atoms with Crippen LogP contribution in [0.5, 0.6) is 0 Å². The van der Waals surface area contributed by atoms with Crippen molar-refractivity contribution >= 4 is 11.6 Å². The van der Waals surface area contributed by atoms with Crippen molar-refractivity contribution in [2.45, 2.75) is 37.2 Å². The zero-order chi connectivity index (χ0) is 15.2. The molecule has 0 aliphatic carbocycles. The monoisotopic (exact) mass is 300 g/mol. The predicted molar refractivity (Wildman–Crippen MR) is 86.2 cm³/mol. The minimum atomic E-state index is -0.279. The third-order valence-corrected chi connectivity index (χ3v) is 5.69. The third kappa shape index (κ3) is 2.09. The normalized spacial score (nSPS) is 27.6. The van der Waals surface area contributed by atoms with Gasteiger partial charge in [0.15, 0.2) is 0 Å². The second kappa shape index (κ2) is 5.36. The van der Waals surface area contributed by atoms with Gasteiger partial charge in [0.05, 0.1) is 11.5 Å². The lowest BCUT2D eigenvalue weighted by molar-refractivity contribution is -0.124. The molecule has 1 aromatic rings. The molecule has 4 nitrogen and oxygen atoms in total. The molecule has 118 valence electrons. The standard InChI is InChI=1S/C18H24N2O2/c1-19-16-7-3-2-6-15(16)18(17(19)21)8-10-20(11-9-18)13-14-5-4-12-22-14/h2-3,6-7,14H,4-5,8-13H2,1H3. The summed E-state index contributed by atoms with van der Waals surface area (Å²) in [6.45, 7) is 3.93. The zero-order valence-corrected chi connectivity index (χ0v) is 13.3. The van der Waals surface area contributed by atoms with Crippen LogP contribution >= 0.6 is 0 Å². The van der Waals surface area contributed by atoms with Crippen LogP contribution in [-0.4, -0.2) is 50.2 Å². The number of para-hydroxylation sites is 1. The fourth-order valence-electron chi connectivity index (χ4n) is 4.39. The molecule has 4 rings (SSSR count). The highest BCUT2D eigenvalue weighted by atomic mass is 16.5. The molecule has 4 heteroatoms. The van der Waals surface area contributed by atoms with Crippen molar-refractivity contribution in [2.75, 3.05) is 38.2 Å². The number of likely N-dealkylation sites (N-methyl/N-ethyl adjacent to an activating group) is 1. The van der Waals surface area contributed by atoms with Gasteiger partial charge in [0.25, 0.3) is 0 Å². The van der Waals surface area contributed by atoms with Crippen molar-refractivity contribution in [3.05, 3.63) is 29.8 Å². The van der Waals surface area contributed by atoms with Crippen LogP contribution in [0.2, 0.25) is 0 Å². The molecule has 1 spiro atoms. The van der Waals surface area contributed by atoms with Gasteiger partial charge in [0.1, 0.15) is 0 Å².